The van der Waals surface area contributed by atoms with Crippen molar-refractivity contribution < 1.29 is 39.5 Å². The maximum Gasteiger partial charge on any atom is 1.00 e. The predicted molar refractivity (Wildman–Crippen MR) is 83.4 cm³/mol. The molecule has 0 saturated carbocycles. The third-order valence-electron chi connectivity index (χ3n) is 3.26. The van der Waals surface area contributed by atoms with E-state index in [4.69, 9.17) is 5.11 Å². The van der Waals surface area contributed by atoms with E-state index in [1.165, 1.54) is 24.0 Å². The molecule has 9 heteroatoms. The zero-order chi connectivity index (χ0) is 17.1. The molecule has 0 spiro atoms. The number of carboxylic acid groups (broad SMARTS) is 1. The molecular formula is C15H15N4NaO4. The summed E-state index contributed by atoms with van der Waals surface area (Å²) in [5.74, 6) is -0.935. The number of hydrogen-bond acceptors (Lipinski definition) is 4. The van der Waals surface area contributed by atoms with E-state index >= 15 is 0 Å². The molecule has 0 atom stereocenters. The van der Waals surface area contributed by atoms with Crippen LogP contribution in [0.5, 0.6) is 0 Å². The Balaban J connectivity index is 0.000000252. The van der Waals surface area contributed by atoms with E-state index in [0.29, 0.717) is 11.2 Å². The quantitative estimate of drug-likeness (QED) is 0.381. The molecule has 2 heterocycles. The van der Waals surface area contributed by atoms with Crippen molar-refractivity contribution in [3.63, 3.8) is 0 Å². The molecule has 0 amide bonds. The van der Waals surface area contributed by atoms with Crippen LogP contribution in [-0.4, -0.2) is 29.8 Å². The molecule has 120 valence electrons. The first-order valence-corrected chi connectivity index (χ1v) is 6.61. The average molecular weight is 338 g/mol. The van der Waals surface area contributed by atoms with Crippen molar-refractivity contribution in [3.8, 4) is 0 Å². The Hall–Kier alpha value is -2.16. The van der Waals surface area contributed by atoms with Crippen LogP contribution in [-0.2, 0) is 21.1 Å². The molecule has 0 aliphatic carbocycles. The van der Waals surface area contributed by atoms with E-state index in [1.807, 2.05) is 0 Å². The molecule has 2 aromatic heterocycles. The van der Waals surface area contributed by atoms with Crippen LogP contribution in [0.15, 0.2) is 40.2 Å². The number of benzene rings is 1. The van der Waals surface area contributed by atoms with Gasteiger partial charge < -0.3 is 14.5 Å². The molecule has 1 aromatic carbocycles. The number of nitrogens with zero attached hydrogens (tertiary/aromatic N) is 4. The monoisotopic (exact) mass is 338 g/mol. The van der Waals surface area contributed by atoms with Crippen LogP contribution in [0.1, 0.15) is 10.4 Å². The van der Waals surface area contributed by atoms with Crippen LogP contribution in [0.3, 0.4) is 0 Å². The maximum atomic E-state index is 11.7. The van der Waals surface area contributed by atoms with Crippen LogP contribution in [0.4, 0.5) is 0 Å². The van der Waals surface area contributed by atoms with Crippen molar-refractivity contribution in [2.75, 3.05) is 0 Å². The Labute approximate surface area is 159 Å². The summed E-state index contributed by atoms with van der Waals surface area (Å²) < 4.78 is 4.04. The summed E-state index contributed by atoms with van der Waals surface area (Å²) in [5, 5.41) is 8.35. The summed E-state index contributed by atoms with van der Waals surface area (Å²) in [6.07, 6.45) is 1.52. The molecule has 0 aliphatic rings. The van der Waals surface area contributed by atoms with Crippen molar-refractivity contribution in [2.24, 2.45) is 21.1 Å². The minimum Gasteiger partial charge on any atom is -0.521 e. The topological polar surface area (TPSA) is 99.1 Å². The normalized spacial score (nSPS) is 9.79. The van der Waals surface area contributed by atoms with Gasteiger partial charge in [-0.15, -0.1) is 30.3 Å². The van der Waals surface area contributed by atoms with Gasteiger partial charge in [-0.3, -0.25) is 13.9 Å². The molecule has 0 aliphatic heterocycles. The van der Waals surface area contributed by atoms with Gasteiger partial charge in [0.15, 0.2) is 11.2 Å². The summed E-state index contributed by atoms with van der Waals surface area (Å²) in [6, 6.07) is 9.04. The largest absolute Gasteiger partial charge is 1.00 e. The Kier molecular flexibility index (Phi) is 6.70. The fourth-order valence-electron chi connectivity index (χ4n) is 2.00. The standard InChI is InChI=1S/C8H10N4O2.C7H5O2.Na/c1-10-4-9-6-5(10)7(13)12(3)8(14)11(6)2;8-7(9)6-4-2-1-3-5-6;/h4H,1-3H3;1-4H,(H,8,9);/q;-1;+1. The number of fused-ring (bicyclic) bond motifs is 1. The first-order chi connectivity index (χ1) is 10.8. The molecule has 3 rings (SSSR count). The first kappa shape index (κ1) is 19.9. The number of hydrogen-bond donors (Lipinski definition) is 1. The van der Waals surface area contributed by atoms with Crippen molar-refractivity contribution in [2.45, 2.75) is 0 Å². The maximum absolute atomic E-state index is 11.7. The number of aromatic nitrogens is 4. The van der Waals surface area contributed by atoms with Gasteiger partial charge in [0, 0.05) is 21.1 Å². The molecule has 3 aromatic rings. The van der Waals surface area contributed by atoms with Gasteiger partial charge in [-0.05, 0) is 0 Å². The zero-order valence-corrected chi connectivity index (χ0v) is 15.8. The van der Waals surface area contributed by atoms with Crippen LogP contribution >= 0.6 is 0 Å². The SMILES string of the molecule is Cn1c(=O)c2c(ncn2C)n(C)c1=O.O=C(O)c1[c-]cccc1.[Na+]. The molecule has 0 radical (unpaired) electrons. The second-order valence-corrected chi connectivity index (χ2v) is 4.81. The van der Waals surface area contributed by atoms with E-state index in [2.05, 4.69) is 11.1 Å². The number of carbonyl (C=O) groups is 1. The second-order valence-electron chi connectivity index (χ2n) is 4.81. The van der Waals surface area contributed by atoms with Gasteiger partial charge >= 0.3 is 35.2 Å². The minimum atomic E-state index is -0.935. The summed E-state index contributed by atoms with van der Waals surface area (Å²) in [4.78, 5) is 37.3. The van der Waals surface area contributed by atoms with Gasteiger partial charge in [-0.2, -0.15) is 0 Å². The summed E-state index contributed by atoms with van der Waals surface area (Å²) in [5.41, 5.74) is 0.386. The molecular weight excluding hydrogens is 323 g/mol. The van der Waals surface area contributed by atoms with Gasteiger partial charge in [0.05, 0.1) is 6.33 Å². The Morgan fingerprint density at radius 1 is 1.17 bits per heavy atom. The van der Waals surface area contributed by atoms with E-state index in [1.54, 1.807) is 36.9 Å². The molecule has 24 heavy (non-hydrogen) atoms. The molecule has 0 unspecified atom stereocenters. The van der Waals surface area contributed by atoms with Gasteiger partial charge in [0.2, 0.25) is 5.97 Å². The number of rotatable bonds is 1. The first-order valence-electron chi connectivity index (χ1n) is 6.61. The van der Waals surface area contributed by atoms with Crippen molar-refractivity contribution in [1.82, 2.24) is 18.7 Å². The second kappa shape index (κ2) is 8.09. The fraction of sp³-hybridized carbons (Fsp3) is 0.200. The summed E-state index contributed by atoms with van der Waals surface area (Å²) >= 11 is 0. The van der Waals surface area contributed by atoms with E-state index in [9.17, 15) is 14.4 Å². The van der Waals surface area contributed by atoms with Gasteiger partial charge in [-0.25, -0.2) is 9.78 Å². The Morgan fingerprint density at radius 2 is 1.83 bits per heavy atom. The van der Waals surface area contributed by atoms with Crippen LogP contribution < -0.4 is 40.8 Å². The number of aryl methyl sites for hydroxylation is 2. The van der Waals surface area contributed by atoms with Crippen molar-refractivity contribution in [1.29, 1.82) is 0 Å². The van der Waals surface area contributed by atoms with Crippen molar-refractivity contribution in [3.05, 3.63) is 63.1 Å². The minimum absolute atomic E-state index is 0. The predicted octanol–water partition coefficient (Wildman–Crippen LogP) is -2.84. The number of carboxylic acids is 1. The number of imidazole rings is 1. The molecule has 0 fully saturated rings. The molecule has 0 bridgehead atoms. The molecule has 0 saturated heterocycles. The average Bonchev–Trinajstić information content (AvgIpc) is 2.94. The van der Waals surface area contributed by atoms with Crippen LogP contribution in [0.2, 0.25) is 0 Å². The van der Waals surface area contributed by atoms with Crippen LogP contribution in [0.25, 0.3) is 11.2 Å². The molecule has 8 nitrogen and oxygen atoms in total. The Bertz CT molecular complexity index is 973. The van der Waals surface area contributed by atoms with Crippen molar-refractivity contribution >= 4 is 17.1 Å². The molecule has 1 N–H and O–H groups in total. The van der Waals surface area contributed by atoms with E-state index < -0.39 is 5.97 Å². The van der Waals surface area contributed by atoms with Gasteiger partial charge in [0.25, 0.3) is 5.56 Å². The Morgan fingerprint density at radius 3 is 2.33 bits per heavy atom. The van der Waals surface area contributed by atoms with Gasteiger partial charge in [-0.1, -0.05) is 5.56 Å². The van der Waals surface area contributed by atoms with E-state index in [0.717, 1.165) is 4.57 Å². The van der Waals surface area contributed by atoms with Crippen LogP contribution in [0, 0.1) is 6.07 Å². The third kappa shape index (κ3) is 3.84. The van der Waals surface area contributed by atoms with Gasteiger partial charge in [0.1, 0.15) is 0 Å². The zero-order valence-electron chi connectivity index (χ0n) is 13.8. The number of aromatic carboxylic acids is 1. The fourth-order valence-corrected chi connectivity index (χ4v) is 2.00. The third-order valence-corrected chi connectivity index (χ3v) is 3.26. The smallest absolute Gasteiger partial charge is 0.521 e. The summed E-state index contributed by atoms with van der Waals surface area (Å²) in [7, 11) is 4.77. The van der Waals surface area contributed by atoms with E-state index in [-0.39, 0.29) is 46.4 Å². The summed E-state index contributed by atoms with van der Waals surface area (Å²) in [6.45, 7) is 0.